The third-order valence-electron chi connectivity index (χ3n) is 4.97. The number of thiophene rings is 1. The minimum absolute atomic E-state index is 0.0226. The van der Waals surface area contributed by atoms with Crippen molar-refractivity contribution in [2.24, 2.45) is 0 Å². The van der Waals surface area contributed by atoms with Crippen molar-refractivity contribution in [2.45, 2.75) is 32.4 Å². The van der Waals surface area contributed by atoms with E-state index in [1.54, 1.807) is 6.07 Å². The SMILES string of the molecule is CC1CCc2cc(F)ccc2N1/C=C1/C(=O)NC(=O)N(Cc2cccs2)C1=O. The van der Waals surface area contributed by atoms with Gasteiger partial charge in [0.05, 0.1) is 6.54 Å². The van der Waals surface area contributed by atoms with E-state index in [9.17, 15) is 18.8 Å². The molecule has 1 aromatic carbocycles. The molecule has 2 aliphatic rings. The van der Waals surface area contributed by atoms with Gasteiger partial charge in [-0.1, -0.05) is 6.07 Å². The van der Waals surface area contributed by atoms with E-state index in [1.807, 2.05) is 29.3 Å². The van der Waals surface area contributed by atoms with Crippen LogP contribution < -0.4 is 10.2 Å². The molecule has 144 valence electrons. The lowest BCUT2D eigenvalue weighted by molar-refractivity contribution is -0.130. The summed E-state index contributed by atoms with van der Waals surface area (Å²) in [5.41, 5.74) is 1.47. The Morgan fingerprint density at radius 2 is 2.11 bits per heavy atom. The number of hydrogen-bond donors (Lipinski definition) is 1. The summed E-state index contributed by atoms with van der Waals surface area (Å²) in [6, 6.07) is 7.43. The van der Waals surface area contributed by atoms with Crippen LogP contribution in [0.25, 0.3) is 0 Å². The second-order valence-corrected chi connectivity index (χ2v) is 7.87. The summed E-state index contributed by atoms with van der Waals surface area (Å²) < 4.78 is 13.6. The van der Waals surface area contributed by atoms with E-state index in [1.165, 1.54) is 29.7 Å². The molecular formula is C20H18FN3O3S. The first-order valence-electron chi connectivity index (χ1n) is 8.92. The number of anilines is 1. The Morgan fingerprint density at radius 3 is 2.86 bits per heavy atom. The number of nitrogens with zero attached hydrogens (tertiary/aromatic N) is 2. The van der Waals surface area contributed by atoms with Crippen molar-refractivity contribution in [1.82, 2.24) is 10.2 Å². The minimum atomic E-state index is -0.727. The van der Waals surface area contributed by atoms with E-state index in [2.05, 4.69) is 5.32 Å². The van der Waals surface area contributed by atoms with Gasteiger partial charge >= 0.3 is 6.03 Å². The van der Waals surface area contributed by atoms with Crippen LogP contribution in [0, 0.1) is 5.82 Å². The molecule has 8 heteroatoms. The number of carbonyl (C=O) groups excluding carboxylic acids is 3. The monoisotopic (exact) mass is 399 g/mol. The van der Waals surface area contributed by atoms with E-state index in [4.69, 9.17) is 0 Å². The fourth-order valence-electron chi connectivity index (χ4n) is 3.47. The summed E-state index contributed by atoms with van der Waals surface area (Å²) in [4.78, 5) is 41.1. The Balaban J connectivity index is 1.69. The highest BCUT2D eigenvalue weighted by molar-refractivity contribution is 7.09. The first-order chi connectivity index (χ1) is 13.4. The Morgan fingerprint density at radius 1 is 1.29 bits per heavy atom. The first kappa shape index (κ1) is 18.4. The molecule has 2 aromatic rings. The van der Waals surface area contributed by atoms with Crippen LogP contribution in [0.4, 0.5) is 14.9 Å². The van der Waals surface area contributed by atoms with Gasteiger partial charge in [0.15, 0.2) is 0 Å². The second kappa shape index (κ2) is 7.20. The average Bonchev–Trinajstić information content (AvgIpc) is 3.17. The van der Waals surface area contributed by atoms with Gasteiger partial charge in [-0.2, -0.15) is 0 Å². The molecule has 0 saturated carbocycles. The van der Waals surface area contributed by atoms with Crippen molar-refractivity contribution >= 4 is 34.9 Å². The van der Waals surface area contributed by atoms with Crippen LogP contribution in [0.2, 0.25) is 0 Å². The number of imide groups is 2. The largest absolute Gasteiger partial charge is 0.344 e. The zero-order valence-electron chi connectivity index (χ0n) is 15.1. The van der Waals surface area contributed by atoms with Crippen molar-refractivity contribution in [3.8, 4) is 0 Å². The van der Waals surface area contributed by atoms with Crippen LogP contribution in [0.1, 0.15) is 23.8 Å². The van der Waals surface area contributed by atoms with Crippen molar-refractivity contribution in [3.63, 3.8) is 0 Å². The van der Waals surface area contributed by atoms with Crippen molar-refractivity contribution in [2.75, 3.05) is 4.90 Å². The van der Waals surface area contributed by atoms with Gasteiger partial charge in [-0.15, -0.1) is 11.3 Å². The molecule has 4 amide bonds. The number of fused-ring (bicyclic) bond motifs is 1. The van der Waals surface area contributed by atoms with E-state index in [0.717, 1.165) is 33.9 Å². The maximum Gasteiger partial charge on any atom is 0.331 e. The Kier molecular flexibility index (Phi) is 4.72. The van der Waals surface area contributed by atoms with Crippen LogP contribution >= 0.6 is 11.3 Å². The first-order valence-corrected chi connectivity index (χ1v) is 9.80. The molecule has 1 fully saturated rings. The smallest absolute Gasteiger partial charge is 0.331 e. The van der Waals surface area contributed by atoms with Gasteiger partial charge in [0, 0.05) is 22.8 Å². The standard InChI is InChI=1S/C20H18FN3O3S/c1-12-4-5-13-9-14(21)6-7-17(13)23(12)11-16-18(25)22-20(27)24(19(16)26)10-15-3-2-8-28-15/h2-3,6-9,11-12H,4-5,10H2,1H3,(H,22,25,27)/b16-11-. The zero-order valence-corrected chi connectivity index (χ0v) is 16.0. The highest BCUT2D eigenvalue weighted by atomic mass is 32.1. The number of rotatable bonds is 3. The van der Waals surface area contributed by atoms with Crippen LogP contribution in [-0.4, -0.2) is 28.8 Å². The van der Waals surface area contributed by atoms with E-state index >= 15 is 0 Å². The number of benzene rings is 1. The fourth-order valence-corrected chi connectivity index (χ4v) is 4.16. The highest BCUT2D eigenvalue weighted by Gasteiger charge is 2.37. The number of halogens is 1. The lowest BCUT2D eigenvalue weighted by Crippen LogP contribution is -2.54. The molecule has 1 unspecified atom stereocenters. The summed E-state index contributed by atoms with van der Waals surface area (Å²) in [6.45, 7) is 2.08. The molecule has 1 saturated heterocycles. The molecule has 28 heavy (non-hydrogen) atoms. The number of nitrogens with one attached hydrogen (secondary N) is 1. The molecule has 0 spiro atoms. The number of hydrogen-bond acceptors (Lipinski definition) is 5. The lowest BCUT2D eigenvalue weighted by Gasteiger charge is -2.35. The number of aryl methyl sites for hydroxylation is 1. The molecule has 1 N–H and O–H groups in total. The van der Waals surface area contributed by atoms with Gasteiger partial charge in [0.25, 0.3) is 11.8 Å². The molecule has 1 atom stereocenters. The Bertz CT molecular complexity index is 987. The van der Waals surface area contributed by atoms with Crippen molar-refractivity contribution < 1.29 is 18.8 Å². The average molecular weight is 399 g/mol. The maximum atomic E-state index is 13.6. The summed E-state index contributed by atoms with van der Waals surface area (Å²) >= 11 is 1.43. The summed E-state index contributed by atoms with van der Waals surface area (Å²) in [6.07, 6.45) is 2.96. The Hall–Kier alpha value is -3.00. The van der Waals surface area contributed by atoms with Gasteiger partial charge in [0.2, 0.25) is 0 Å². The van der Waals surface area contributed by atoms with Crippen LogP contribution in [0.3, 0.4) is 0 Å². The molecule has 0 bridgehead atoms. The van der Waals surface area contributed by atoms with Gasteiger partial charge in [-0.25, -0.2) is 9.18 Å². The number of barbiturate groups is 1. The van der Waals surface area contributed by atoms with Gasteiger partial charge in [-0.3, -0.25) is 19.8 Å². The predicted octanol–water partition coefficient (Wildman–Crippen LogP) is 3.19. The molecule has 0 radical (unpaired) electrons. The van der Waals surface area contributed by atoms with Crippen LogP contribution in [0.5, 0.6) is 0 Å². The molecule has 0 aliphatic carbocycles. The fraction of sp³-hybridized carbons (Fsp3) is 0.250. The maximum absolute atomic E-state index is 13.6. The van der Waals surface area contributed by atoms with E-state index in [0.29, 0.717) is 0 Å². The second-order valence-electron chi connectivity index (χ2n) is 6.84. The lowest BCUT2D eigenvalue weighted by atomic mass is 9.96. The predicted molar refractivity (Wildman–Crippen MR) is 103 cm³/mol. The summed E-state index contributed by atoms with van der Waals surface area (Å²) in [7, 11) is 0. The molecule has 3 heterocycles. The van der Waals surface area contributed by atoms with Gasteiger partial charge < -0.3 is 4.90 Å². The van der Waals surface area contributed by atoms with Crippen LogP contribution in [-0.2, 0) is 22.6 Å². The summed E-state index contributed by atoms with van der Waals surface area (Å²) in [5.74, 6) is -1.68. The molecule has 1 aromatic heterocycles. The Labute approximate surface area is 165 Å². The summed E-state index contributed by atoms with van der Waals surface area (Å²) in [5, 5.41) is 4.09. The third kappa shape index (κ3) is 3.31. The number of amides is 4. The van der Waals surface area contributed by atoms with Crippen molar-refractivity contribution in [3.05, 3.63) is 63.7 Å². The number of urea groups is 1. The quantitative estimate of drug-likeness (QED) is 0.636. The minimum Gasteiger partial charge on any atom is -0.344 e. The molecular weight excluding hydrogens is 381 g/mol. The third-order valence-corrected chi connectivity index (χ3v) is 5.84. The van der Waals surface area contributed by atoms with Gasteiger partial charge in [0.1, 0.15) is 11.4 Å². The normalized spacial score (nSPS) is 21.1. The number of carbonyl (C=O) groups is 3. The van der Waals surface area contributed by atoms with Crippen LogP contribution in [0.15, 0.2) is 47.5 Å². The highest BCUT2D eigenvalue weighted by Crippen LogP contribution is 2.32. The van der Waals surface area contributed by atoms with Crippen molar-refractivity contribution in [1.29, 1.82) is 0 Å². The molecule has 6 nitrogen and oxygen atoms in total. The van der Waals surface area contributed by atoms with E-state index < -0.39 is 17.8 Å². The molecule has 4 rings (SSSR count). The molecule has 2 aliphatic heterocycles. The topological polar surface area (TPSA) is 69.7 Å². The van der Waals surface area contributed by atoms with Gasteiger partial charge in [-0.05, 0) is 55.0 Å². The zero-order chi connectivity index (χ0) is 19.8. The van der Waals surface area contributed by atoms with E-state index in [-0.39, 0.29) is 24.0 Å².